The van der Waals surface area contributed by atoms with E-state index < -0.39 is 9.04 Å². The molecule has 2 heteroatoms. The Bertz CT molecular complexity index is 346. The fourth-order valence-corrected chi connectivity index (χ4v) is 3.02. The van der Waals surface area contributed by atoms with Crippen LogP contribution in [0.2, 0.25) is 0 Å². The second-order valence-corrected chi connectivity index (χ2v) is 5.36. The predicted octanol–water partition coefficient (Wildman–Crippen LogP) is 0.517. The average Bonchev–Trinajstić information content (AvgIpc) is 2.30. The van der Waals surface area contributed by atoms with Gasteiger partial charge in [0.15, 0.2) is 0 Å². The van der Waals surface area contributed by atoms with E-state index in [1.807, 2.05) is 60.7 Å². The SMILES string of the molecule is O[SiH](c1ccccc1)c1ccccc1. The highest BCUT2D eigenvalue weighted by Crippen LogP contribution is 1.89. The summed E-state index contributed by atoms with van der Waals surface area (Å²) in [5.41, 5.74) is 0. The van der Waals surface area contributed by atoms with Crippen molar-refractivity contribution in [2.45, 2.75) is 0 Å². The minimum absolute atomic E-state index is 1.07. The van der Waals surface area contributed by atoms with E-state index in [0.717, 1.165) is 10.4 Å². The molecule has 0 aliphatic heterocycles. The predicted molar refractivity (Wildman–Crippen MR) is 61.5 cm³/mol. The molecule has 0 heterocycles. The first-order valence-electron chi connectivity index (χ1n) is 4.66. The van der Waals surface area contributed by atoms with Gasteiger partial charge in [-0.05, 0) is 10.4 Å². The van der Waals surface area contributed by atoms with Gasteiger partial charge in [-0.3, -0.25) is 0 Å². The van der Waals surface area contributed by atoms with Crippen LogP contribution in [0.15, 0.2) is 60.7 Å². The molecular weight excluding hydrogens is 188 g/mol. The Morgan fingerprint density at radius 1 is 0.643 bits per heavy atom. The summed E-state index contributed by atoms with van der Waals surface area (Å²) in [6, 6.07) is 19.8. The first kappa shape index (κ1) is 9.18. The van der Waals surface area contributed by atoms with E-state index in [-0.39, 0.29) is 0 Å². The Hall–Kier alpha value is -1.38. The van der Waals surface area contributed by atoms with E-state index in [0.29, 0.717) is 0 Å². The molecule has 0 atom stereocenters. The van der Waals surface area contributed by atoms with Gasteiger partial charge in [0.05, 0.1) is 0 Å². The van der Waals surface area contributed by atoms with Crippen LogP contribution in [-0.2, 0) is 0 Å². The molecule has 2 aromatic carbocycles. The van der Waals surface area contributed by atoms with Gasteiger partial charge in [-0.25, -0.2) is 0 Å². The zero-order valence-electron chi connectivity index (χ0n) is 7.80. The lowest BCUT2D eigenvalue weighted by Gasteiger charge is -2.08. The van der Waals surface area contributed by atoms with E-state index in [9.17, 15) is 4.80 Å². The Morgan fingerprint density at radius 2 is 1.00 bits per heavy atom. The van der Waals surface area contributed by atoms with E-state index in [2.05, 4.69) is 0 Å². The lowest BCUT2D eigenvalue weighted by atomic mass is 10.4. The lowest BCUT2D eigenvalue weighted by molar-refractivity contribution is 0.600. The molecule has 1 N–H and O–H groups in total. The molecule has 2 rings (SSSR count). The van der Waals surface area contributed by atoms with Gasteiger partial charge in [0.1, 0.15) is 0 Å². The third-order valence-electron chi connectivity index (χ3n) is 2.23. The Morgan fingerprint density at radius 3 is 1.36 bits per heavy atom. The summed E-state index contributed by atoms with van der Waals surface area (Å²) in [4.78, 5) is 10.1. The summed E-state index contributed by atoms with van der Waals surface area (Å²) >= 11 is 0. The Labute approximate surface area is 85.4 Å². The molecule has 0 aliphatic rings. The van der Waals surface area contributed by atoms with Crippen LogP contribution in [0.25, 0.3) is 0 Å². The first-order valence-corrected chi connectivity index (χ1v) is 6.33. The summed E-state index contributed by atoms with van der Waals surface area (Å²) in [5.74, 6) is 0. The molecule has 0 amide bonds. The van der Waals surface area contributed by atoms with Crippen LogP contribution < -0.4 is 10.4 Å². The van der Waals surface area contributed by atoms with E-state index in [1.54, 1.807) is 0 Å². The quantitative estimate of drug-likeness (QED) is 0.701. The van der Waals surface area contributed by atoms with Gasteiger partial charge < -0.3 is 4.80 Å². The van der Waals surface area contributed by atoms with Crippen molar-refractivity contribution in [3.8, 4) is 0 Å². The van der Waals surface area contributed by atoms with E-state index >= 15 is 0 Å². The van der Waals surface area contributed by atoms with E-state index in [4.69, 9.17) is 0 Å². The maximum atomic E-state index is 10.1. The summed E-state index contributed by atoms with van der Waals surface area (Å²) in [5, 5.41) is 2.14. The normalized spacial score (nSPS) is 10.4. The largest absolute Gasteiger partial charge is 0.426 e. The molecule has 0 spiro atoms. The molecule has 0 saturated carbocycles. The van der Waals surface area contributed by atoms with Gasteiger partial charge in [0.2, 0.25) is 9.04 Å². The van der Waals surface area contributed by atoms with Gasteiger partial charge in [0.25, 0.3) is 0 Å². The third kappa shape index (κ3) is 1.92. The van der Waals surface area contributed by atoms with Gasteiger partial charge in [0, 0.05) is 0 Å². The van der Waals surface area contributed by atoms with Crippen LogP contribution in [-0.4, -0.2) is 13.8 Å². The van der Waals surface area contributed by atoms with E-state index in [1.165, 1.54) is 0 Å². The molecule has 0 aromatic heterocycles. The van der Waals surface area contributed by atoms with Crippen LogP contribution >= 0.6 is 0 Å². The van der Waals surface area contributed by atoms with Crippen molar-refractivity contribution in [3.63, 3.8) is 0 Å². The maximum absolute atomic E-state index is 10.1. The van der Waals surface area contributed by atoms with Gasteiger partial charge in [-0.1, -0.05) is 60.7 Å². The van der Waals surface area contributed by atoms with Crippen LogP contribution in [0.3, 0.4) is 0 Å². The number of benzene rings is 2. The molecule has 0 bridgehead atoms. The molecule has 0 unspecified atom stereocenters. The van der Waals surface area contributed by atoms with Crippen molar-refractivity contribution in [2.24, 2.45) is 0 Å². The summed E-state index contributed by atoms with van der Waals surface area (Å²) in [6.07, 6.45) is 0. The summed E-state index contributed by atoms with van der Waals surface area (Å²) in [6.45, 7) is 0. The molecule has 0 saturated heterocycles. The molecular formula is C12H12OSi. The van der Waals surface area contributed by atoms with Crippen molar-refractivity contribution >= 4 is 19.4 Å². The minimum atomic E-state index is -1.92. The fraction of sp³-hybridized carbons (Fsp3) is 0. The summed E-state index contributed by atoms with van der Waals surface area (Å²) in [7, 11) is -1.92. The number of hydrogen-bond acceptors (Lipinski definition) is 1. The topological polar surface area (TPSA) is 20.2 Å². The highest BCUT2D eigenvalue weighted by molar-refractivity contribution is 6.78. The first-order chi connectivity index (χ1) is 6.88. The van der Waals surface area contributed by atoms with Crippen LogP contribution in [0, 0.1) is 0 Å². The Balaban J connectivity index is 2.30. The zero-order chi connectivity index (χ0) is 9.80. The lowest BCUT2D eigenvalue weighted by Crippen LogP contribution is -2.41. The van der Waals surface area contributed by atoms with Crippen molar-refractivity contribution in [1.82, 2.24) is 0 Å². The third-order valence-corrected chi connectivity index (χ3v) is 4.26. The van der Waals surface area contributed by atoms with Gasteiger partial charge in [-0.2, -0.15) is 0 Å². The van der Waals surface area contributed by atoms with Crippen LogP contribution in [0.5, 0.6) is 0 Å². The van der Waals surface area contributed by atoms with Crippen molar-refractivity contribution < 1.29 is 4.80 Å². The maximum Gasteiger partial charge on any atom is 0.236 e. The second-order valence-electron chi connectivity index (χ2n) is 3.22. The molecule has 1 nitrogen and oxygen atoms in total. The van der Waals surface area contributed by atoms with Crippen LogP contribution in [0.1, 0.15) is 0 Å². The van der Waals surface area contributed by atoms with Crippen molar-refractivity contribution in [1.29, 1.82) is 0 Å². The minimum Gasteiger partial charge on any atom is -0.426 e. The van der Waals surface area contributed by atoms with Crippen molar-refractivity contribution in [3.05, 3.63) is 60.7 Å². The highest BCUT2D eigenvalue weighted by Gasteiger charge is 2.11. The second kappa shape index (κ2) is 4.22. The standard InChI is InChI=1S/C12H12OSi/c13-14(11-7-3-1-4-8-11)12-9-5-2-6-10-12/h1-10,13-14H. The molecule has 0 radical (unpaired) electrons. The monoisotopic (exact) mass is 200 g/mol. The Kier molecular flexibility index (Phi) is 2.77. The summed E-state index contributed by atoms with van der Waals surface area (Å²) < 4.78 is 0. The smallest absolute Gasteiger partial charge is 0.236 e. The van der Waals surface area contributed by atoms with Crippen molar-refractivity contribution in [2.75, 3.05) is 0 Å². The number of rotatable bonds is 2. The molecule has 14 heavy (non-hydrogen) atoms. The zero-order valence-corrected chi connectivity index (χ0v) is 8.95. The molecule has 0 fully saturated rings. The van der Waals surface area contributed by atoms with Gasteiger partial charge >= 0.3 is 0 Å². The fourth-order valence-electron chi connectivity index (χ4n) is 1.46. The molecule has 0 aliphatic carbocycles. The average molecular weight is 200 g/mol. The molecule has 70 valence electrons. The highest BCUT2D eigenvalue weighted by atomic mass is 28.3. The molecule has 2 aromatic rings. The van der Waals surface area contributed by atoms with Gasteiger partial charge in [-0.15, -0.1) is 0 Å². The van der Waals surface area contributed by atoms with Crippen LogP contribution in [0.4, 0.5) is 0 Å². The number of hydrogen-bond donors (Lipinski definition) is 1.